The van der Waals surface area contributed by atoms with Crippen molar-refractivity contribution in [3.63, 3.8) is 0 Å². The summed E-state index contributed by atoms with van der Waals surface area (Å²) in [6, 6.07) is 5.57. The molecule has 1 heterocycles. The number of benzene rings is 1. The minimum Gasteiger partial charge on any atom is -0.469 e. The van der Waals surface area contributed by atoms with Crippen LogP contribution in [0.25, 0.3) is 10.9 Å². The quantitative estimate of drug-likeness (QED) is 0.699. The Morgan fingerprint density at radius 2 is 2.29 bits per heavy atom. The Hall–Kier alpha value is -1.62. The number of aromatic nitrogens is 1. The van der Waals surface area contributed by atoms with Gasteiger partial charge >= 0.3 is 5.97 Å². The minimum absolute atomic E-state index is 0.0663. The number of hydrogen-bond donors (Lipinski definition) is 1. The van der Waals surface area contributed by atoms with E-state index in [9.17, 15) is 9.59 Å². The van der Waals surface area contributed by atoms with Crippen LogP contribution in [0.2, 0.25) is 0 Å². The van der Waals surface area contributed by atoms with E-state index < -0.39 is 0 Å². The lowest BCUT2D eigenvalue weighted by Gasteiger charge is -1.97. The average molecular weight is 296 g/mol. The third kappa shape index (κ3) is 2.24. The number of aromatic amines is 1. The number of H-pyrrole nitrogens is 1. The van der Waals surface area contributed by atoms with Crippen molar-refractivity contribution in [1.29, 1.82) is 0 Å². The Morgan fingerprint density at radius 1 is 1.53 bits per heavy atom. The monoisotopic (exact) mass is 295 g/mol. The summed E-state index contributed by atoms with van der Waals surface area (Å²) < 4.78 is 5.48. The van der Waals surface area contributed by atoms with Gasteiger partial charge in [0.1, 0.15) is 0 Å². The maximum absolute atomic E-state index is 11.2. The van der Waals surface area contributed by atoms with E-state index in [1.165, 1.54) is 7.11 Å². The molecular formula is C12H10BrNO3. The van der Waals surface area contributed by atoms with Crippen molar-refractivity contribution >= 4 is 39.1 Å². The summed E-state index contributed by atoms with van der Waals surface area (Å²) in [5, 5.41) is 0.799. The minimum atomic E-state index is -0.376. The topological polar surface area (TPSA) is 59.2 Å². The Labute approximate surface area is 106 Å². The fourth-order valence-electron chi connectivity index (χ4n) is 1.73. The zero-order chi connectivity index (χ0) is 12.4. The maximum Gasteiger partial charge on any atom is 0.311 e. The second kappa shape index (κ2) is 4.71. The molecule has 0 radical (unpaired) electrons. The van der Waals surface area contributed by atoms with Crippen molar-refractivity contribution in [2.45, 2.75) is 6.42 Å². The van der Waals surface area contributed by atoms with Gasteiger partial charge in [0, 0.05) is 26.6 Å². The largest absolute Gasteiger partial charge is 0.469 e. The molecule has 0 unspecified atom stereocenters. The van der Waals surface area contributed by atoms with E-state index in [0.717, 1.165) is 21.7 Å². The summed E-state index contributed by atoms with van der Waals surface area (Å²) in [4.78, 5) is 25.4. The Morgan fingerprint density at radius 3 is 2.94 bits per heavy atom. The van der Waals surface area contributed by atoms with Gasteiger partial charge in [0.15, 0.2) is 6.29 Å². The number of nitrogens with one attached hydrogen (secondary N) is 1. The van der Waals surface area contributed by atoms with Crippen molar-refractivity contribution in [3.05, 3.63) is 33.9 Å². The van der Waals surface area contributed by atoms with Crippen LogP contribution in [0.3, 0.4) is 0 Å². The molecule has 1 aromatic heterocycles. The zero-order valence-electron chi connectivity index (χ0n) is 9.12. The van der Waals surface area contributed by atoms with E-state index in [1.54, 1.807) is 0 Å². The number of carbonyl (C=O) groups is 2. The van der Waals surface area contributed by atoms with Gasteiger partial charge in [-0.3, -0.25) is 9.59 Å². The van der Waals surface area contributed by atoms with E-state index in [2.05, 4.69) is 25.7 Å². The number of halogens is 1. The summed E-state index contributed by atoms with van der Waals surface area (Å²) in [5.41, 5.74) is 1.92. The number of hydrogen-bond acceptors (Lipinski definition) is 3. The number of carbonyl (C=O) groups excluding carboxylic acids is 2. The number of rotatable bonds is 3. The lowest BCUT2D eigenvalue weighted by Crippen LogP contribution is -2.06. The van der Waals surface area contributed by atoms with Crippen LogP contribution in [0.1, 0.15) is 16.1 Å². The summed E-state index contributed by atoms with van der Waals surface area (Å²) in [6.45, 7) is 0. The van der Waals surface area contributed by atoms with Crippen LogP contribution < -0.4 is 0 Å². The normalized spacial score (nSPS) is 10.5. The van der Waals surface area contributed by atoms with E-state index in [-0.39, 0.29) is 12.4 Å². The van der Waals surface area contributed by atoms with Gasteiger partial charge < -0.3 is 9.72 Å². The van der Waals surface area contributed by atoms with Gasteiger partial charge in [-0.15, -0.1) is 0 Å². The first-order chi connectivity index (χ1) is 8.15. The van der Waals surface area contributed by atoms with Crippen LogP contribution in [0.15, 0.2) is 22.7 Å². The molecule has 0 fully saturated rings. The third-order valence-corrected chi connectivity index (χ3v) is 3.04. The number of fused-ring (bicyclic) bond motifs is 1. The number of methoxy groups -OCH3 is 1. The zero-order valence-corrected chi connectivity index (χ0v) is 10.7. The molecule has 88 valence electrons. The molecule has 17 heavy (non-hydrogen) atoms. The molecule has 0 aliphatic heterocycles. The molecule has 0 spiro atoms. The van der Waals surface area contributed by atoms with Gasteiger partial charge in [-0.05, 0) is 18.2 Å². The molecule has 0 atom stereocenters. The molecule has 4 nitrogen and oxygen atoms in total. The van der Waals surface area contributed by atoms with Crippen LogP contribution in [0.4, 0.5) is 0 Å². The van der Waals surface area contributed by atoms with Crippen molar-refractivity contribution in [3.8, 4) is 0 Å². The molecule has 0 bridgehead atoms. The van der Waals surface area contributed by atoms with Gasteiger partial charge in [-0.1, -0.05) is 15.9 Å². The maximum atomic E-state index is 11.2. The standard InChI is InChI=1S/C12H10BrNO3/c1-17-12(16)5-11-9(6-15)8-4-7(13)2-3-10(8)14-11/h2-4,6,14H,5H2,1H3. The first-order valence-electron chi connectivity index (χ1n) is 4.97. The molecule has 0 aliphatic rings. The van der Waals surface area contributed by atoms with Gasteiger partial charge in [-0.2, -0.15) is 0 Å². The predicted molar refractivity (Wildman–Crippen MR) is 67.1 cm³/mol. The molecule has 0 amide bonds. The molecule has 2 rings (SSSR count). The van der Waals surface area contributed by atoms with Crippen LogP contribution in [0, 0.1) is 0 Å². The Balaban J connectivity index is 2.56. The molecule has 5 heteroatoms. The van der Waals surface area contributed by atoms with Gasteiger partial charge in [0.25, 0.3) is 0 Å². The highest BCUT2D eigenvalue weighted by Gasteiger charge is 2.14. The Bertz CT molecular complexity index is 589. The number of aldehydes is 1. The molecule has 0 aliphatic carbocycles. The first-order valence-corrected chi connectivity index (χ1v) is 5.77. The first kappa shape index (κ1) is 11.9. The van der Waals surface area contributed by atoms with E-state index in [1.807, 2.05) is 18.2 Å². The fourth-order valence-corrected chi connectivity index (χ4v) is 2.09. The van der Waals surface area contributed by atoms with E-state index in [4.69, 9.17) is 0 Å². The molecule has 0 saturated heterocycles. The molecule has 0 saturated carbocycles. The molecule has 1 N–H and O–H groups in total. The van der Waals surface area contributed by atoms with E-state index in [0.29, 0.717) is 11.3 Å². The highest BCUT2D eigenvalue weighted by Crippen LogP contribution is 2.25. The number of ether oxygens (including phenoxy) is 1. The summed E-state index contributed by atoms with van der Waals surface area (Å²) >= 11 is 3.35. The third-order valence-electron chi connectivity index (χ3n) is 2.55. The second-order valence-electron chi connectivity index (χ2n) is 3.58. The van der Waals surface area contributed by atoms with Crippen molar-refractivity contribution < 1.29 is 14.3 Å². The Kier molecular flexibility index (Phi) is 3.28. The lowest BCUT2D eigenvalue weighted by molar-refractivity contribution is -0.139. The van der Waals surface area contributed by atoms with Crippen LogP contribution >= 0.6 is 15.9 Å². The SMILES string of the molecule is COC(=O)Cc1[nH]c2ccc(Br)cc2c1C=O. The summed E-state index contributed by atoms with van der Waals surface area (Å²) in [7, 11) is 1.32. The lowest BCUT2D eigenvalue weighted by atomic mass is 10.1. The smallest absolute Gasteiger partial charge is 0.311 e. The second-order valence-corrected chi connectivity index (χ2v) is 4.49. The van der Waals surface area contributed by atoms with Gasteiger partial charge in [0.2, 0.25) is 0 Å². The van der Waals surface area contributed by atoms with Crippen LogP contribution in [-0.2, 0) is 16.0 Å². The number of esters is 1. The average Bonchev–Trinajstić information content (AvgIpc) is 2.65. The molecule has 2 aromatic rings. The van der Waals surface area contributed by atoms with Crippen molar-refractivity contribution in [2.24, 2.45) is 0 Å². The molecule has 1 aromatic carbocycles. The molecular weight excluding hydrogens is 286 g/mol. The predicted octanol–water partition coefficient (Wildman–Crippen LogP) is 2.46. The van der Waals surface area contributed by atoms with Gasteiger partial charge in [-0.25, -0.2) is 0 Å². The summed E-state index contributed by atoms with van der Waals surface area (Å²) in [5.74, 6) is -0.376. The van der Waals surface area contributed by atoms with Gasteiger partial charge in [0.05, 0.1) is 13.5 Å². The van der Waals surface area contributed by atoms with Crippen LogP contribution in [0.5, 0.6) is 0 Å². The highest BCUT2D eigenvalue weighted by atomic mass is 79.9. The van der Waals surface area contributed by atoms with Crippen LogP contribution in [-0.4, -0.2) is 24.3 Å². The highest BCUT2D eigenvalue weighted by molar-refractivity contribution is 9.10. The fraction of sp³-hybridized carbons (Fsp3) is 0.167. The van der Waals surface area contributed by atoms with Crippen molar-refractivity contribution in [2.75, 3.05) is 7.11 Å². The van der Waals surface area contributed by atoms with E-state index >= 15 is 0 Å². The van der Waals surface area contributed by atoms with Crippen molar-refractivity contribution in [1.82, 2.24) is 4.98 Å². The summed E-state index contributed by atoms with van der Waals surface area (Å²) in [6.07, 6.45) is 0.820.